The van der Waals surface area contributed by atoms with Crippen molar-refractivity contribution in [2.75, 3.05) is 26.2 Å². The molecule has 3 amide bonds. The second-order valence-corrected chi connectivity index (χ2v) is 11.0. The predicted molar refractivity (Wildman–Crippen MR) is 161 cm³/mol. The van der Waals surface area contributed by atoms with Crippen LogP contribution in [-0.2, 0) is 27.5 Å². The molecule has 0 aliphatic carbocycles. The first kappa shape index (κ1) is 28.9. The number of nitrogens with zero attached hydrogens (tertiary/aromatic N) is 4. The molecule has 220 valence electrons. The van der Waals surface area contributed by atoms with Gasteiger partial charge < -0.3 is 29.4 Å². The number of para-hydroxylation sites is 1. The van der Waals surface area contributed by atoms with E-state index in [1.54, 1.807) is 11.1 Å². The highest BCUT2D eigenvalue weighted by molar-refractivity contribution is 5.90. The quantitative estimate of drug-likeness (QED) is 0.391. The van der Waals surface area contributed by atoms with Gasteiger partial charge in [0, 0.05) is 49.3 Å². The number of aromatic nitrogens is 3. The zero-order chi connectivity index (χ0) is 29.5. The topological polar surface area (TPSA) is 110 Å². The van der Waals surface area contributed by atoms with Crippen LogP contribution in [0.4, 0.5) is 0 Å². The lowest BCUT2D eigenvalue weighted by Crippen LogP contribution is -2.51. The van der Waals surface area contributed by atoms with Crippen molar-refractivity contribution in [1.82, 2.24) is 29.7 Å². The van der Waals surface area contributed by atoms with Crippen LogP contribution >= 0.6 is 0 Å². The zero-order valence-electron chi connectivity index (χ0n) is 24.2. The molecule has 0 spiro atoms. The Morgan fingerprint density at radius 2 is 1.93 bits per heavy atom. The van der Waals surface area contributed by atoms with E-state index in [4.69, 9.17) is 4.74 Å². The van der Waals surface area contributed by atoms with E-state index in [2.05, 4.69) is 15.6 Å². The van der Waals surface area contributed by atoms with E-state index >= 15 is 0 Å². The molecule has 1 aliphatic heterocycles. The van der Waals surface area contributed by atoms with Crippen LogP contribution in [0.3, 0.4) is 0 Å². The highest BCUT2D eigenvalue weighted by atomic mass is 16.5. The molecule has 10 nitrogen and oxygen atoms in total. The van der Waals surface area contributed by atoms with Gasteiger partial charge in [-0.2, -0.15) is 0 Å². The fraction of sp³-hybridized carbons (Fsp3) is 0.375. The minimum atomic E-state index is -0.705. The van der Waals surface area contributed by atoms with Crippen LogP contribution in [0.1, 0.15) is 26.7 Å². The van der Waals surface area contributed by atoms with Crippen molar-refractivity contribution in [3.05, 3.63) is 73.2 Å². The summed E-state index contributed by atoms with van der Waals surface area (Å²) in [6, 6.07) is 16.9. The van der Waals surface area contributed by atoms with Crippen molar-refractivity contribution >= 4 is 28.6 Å². The minimum Gasteiger partial charge on any atom is -0.494 e. The number of rotatable bonds is 4. The summed E-state index contributed by atoms with van der Waals surface area (Å²) in [4.78, 5) is 46.0. The molecule has 2 bridgehead atoms. The number of imidazole rings is 1. The summed E-state index contributed by atoms with van der Waals surface area (Å²) in [6.07, 6.45) is 6.51. The third-order valence-corrected chi connectivity index (χ3v) is 7.33. The van der Waals surface area contributed by atoms with Crippen molar-refractivity contribution in [3.8, 4) is 17.1 Å². The van der Waals surface area contributed by atoms with Crippen LogP contribution in [0.15, 0.2) is 73.2 Å². The number of amides is 3. The maximum atomic E-state index is 13.5. The van der Waals surface area contributed by atoms with E-state index in [-0.39, 0.29) is 36.7 Å². The lowest BCUT2D eigenvalue weighted by Gasteiger charge is -2.25. The molecule has 0 saturated heterocycles. The third kappa shape index (κ3) is 7.18. The van der Waals surface area contributed by atoms with E-state index in [1.807, 2.05) is 90.0 Å². The fourth-order valence-electron chi connectivity index (χ4n) is 5.28. The first-order valence-corrected chi connectivity index (χ1v) is 14.5. The number of nitrogens with one attached hydrogen (secondary N) is 2. The molecule has 10 heteroatoms. The Bertz CT molecular complexity index is 1540. The van der Waals surface area contributed by atoms with Crippen molar-refractivity contribution in [3.63, 3.8) is 0 Å². The largest absolute Gasteiger partial charge is 0.494 e. The Morgan fingerprint density at radius 1 is 1.07 bits per heavy atom. The molecule has 0 fully saturated rings. The normalized spacial score (nSPS) is 17.1. The maximum Gasteiger partial charge on any atom is 0.242 e. The molecule has 0 unspecified atom stereocenters. The fourth-order valence-corrected chi connectivity index (χ4v) is 5.28. The molecule has 2 aromatic carbocycles. The van der Waals surface area contributed by atoms with Crippen LogP contribution < -0.4 is 15.4 Å². The van der Waals surface area contributed by atoms with Crippen molar-refractivity contribution in [2.45, 2.75) is 45.8 Å². The SMILES string of the molecule is CC(C)C[C@H]1NC(=O)CN(C(=O)Cn2ccc3ccccc32)CCCOc2cccc(c2)-c2nccn2CCNC1=O. The molecule has 4 aromatic rings. The van der Waals surface area contributed by atoms with Gasteiger partial charge >= 0.3 is 0 Å². The summed E-state index contributed by atoms with van der Waals surface area (Å²) >= 11 is 0. The molecular formula is C32H38N6O4. The van der Waals surface area contributed by atoms with Gasteiger partial charge in [0.05, 0.1) is 13.2 Å². The van der Waals surface area contributed by atoms with Gasteiger partial charge in [-0.05, 0) is 48.4 Å². The molecular weight excluding hydrogens is 532 g/mol. The van der Waals surface area contributed by atoms with Gasteiger partial charge in [-0.25, -0.2) is 4.98 Å². The molecule has 2 aromatic heterocycles. The monoisotopic (exact) mass is 570 g/mol. The lowest BCUT2D eigenvalue weighted by molar-refractivity contribution is -0.137. The number of fused-ring (bicyclic) bond motifs is 5. The summed E-state index contributed by atoms with van der Waals surface area (Å²) in [7, 11) is 0. The zero-order valence-corrected chi connectivity index (χ0v) is 24.2. The summed E-state index contributed by atoms with van der Waals surface area (Å²) in [5, 5.41) is 6.91. The Morgan fingerprint density at radius 3 is 2.79 bits per heavy atom. The molecule has 0 saturated carbocycles. The van der Waals surface area contributed by atoms with E-state index in [9.17, 15) is 14.4 Å². The average molecular weight is 571 g/mol. The van der Waals surface area contributed by atoms with Crippen molar-refractivity contribution in [2.24, 2.45) is 5.92 Å². The van der Waals surface area contributed by atoms with Gasteiger partial charge in [0.15, 0.2) is 0 Å². The molecule has 1 aliphatic rings. The summed E-state index contributed by atoms with van der Waals surface area (Å²) in [5.74, 6) is 0.864. The van der Waals surface area contributed by atoms with E-state index in [0.717, 1.165) is 22.3 Å². The van der Waals surface area contributed by atoms with Crippen LogP contribution in [0, 0.1) is 5.92 Å². The van der Waals surface area contributed by atoms with Crippen molar-refractivity contribution < 1.29 is 19.1 Å². The second-order valence-electron chi connectivity index (χ2n) is 11.0. The average Bonchev–Trinajstić information content (AvgIpc) is 3.61. The Labute approximate surface area is 245 Å². The second kappa shape index (κ2) is 13.4. The summed E-state index contributed by atoms with van der Waals surface area (Å²) in [6.45, 7) is 5.57. The van der Waals surface area contributed by atoms with E-state index in [1.165, 1.54) is 0 Å². The van der Waals surface area contributed by atoms with Gasteiger partial charge in [-0.3, -0.25) is 14.4 Å². The van der Waals surface area contributed by atoms with Gasteiger partial charge in [0.2, 0.25) is 17.7 Å². The van der Waals surface area contributed by atoms with E-state index < -0.39 is 6.04 Å². The van der Waals surface area contributed by atoms with Crippen LogP contribution in [-0.4, -0.2) is 69.0 Å². The Kier molecular flexibility index (Phi) is 9.21. The van der Waals surface area contributed by atoms with Gasteiger partial charge in [0.25, 0.3) is 0 Å². The summed E-state index contributed by atoms with van der Waals surface area (Å²) in [5.41, 5.74) is 1.86. The molecule has 3 heterocycles. The number of benzene rings is 2. The maximum absolute atomic E-state index is 13.5. The van der Waals surface area contributed by atoms with Crippen LogP contribution in [0.2, 0.25) is 0 Å². The number of hydrogen-bond acceptors (Lipinski definition) is 5. The Hall–Kier alpha value is -4.60. The third-order valence-electron chi connectivity index (χ3n) is 7.33. The molecule has 0 radical (unpaired) electrons. The molecule has 42 heavy (non-hydrogen) atoms. The number of ether oxygens (including phenoxy) is 1. The smallest absolute Gasteiger partial charge is 0.242 e. The highest BCUT2D eigenvalue weighted by Crippen LogP contribution is 2.23. The van der Waals surface area contributed by atoms with Gasteiger partial charge in [-0.1, -0.05) is 44.2 Å². The Balaban J connectivity index is 1.37. The molecule has 5 rings (SSSR count). The molecule has 1 atom stereocenters. The minimum absolute atomic E-state index is 0.103. The van der Waals surface area contributed by atoms with Gasteiger partial charge in [-0.15, -0.1) is 0 Å². The first-order chi connectivity index (χ1) is 20.4. The number of hydrogen-bond donors (Lipinski definition) is 2. The number of carbonyl (C=O) groups is 3. The van der Waals surface area contributed by atoms with Crippen LogP contribution in [0.5, 0.6) is 5.75 Å². The summed E-state index contributed by atoms with van der Waals surface area (Å²) < 4.78 is 9.91. The highest BCUT2D eigenvalue weighted by Gasteiger charge is 2.25. The van der Waals surface area contributed by atoms with Gasteiger partial charge in [0.1, 0.15) is 24.2 Å². The lowest BCUT2D eigenvalue weighted by atomic mass is 10.0. The molecule has 2 N–H and O–H groups in total. The van der Waals surface area contributed by atoms with Crippen LogP contribution in [0.25, 0.3) is 22.3 Å². The predicted octanol–water partition coefficient (Wildman–Crippen LogP) is 3.46. The standard InChI is InChI=1S/C32H38N6O4/c1-23(2)19-27-32(41)34-13-17-36-16-12-33-31(36)25-8-5-9-26(20-25)42-18-6-14-38(21-29(39)35-27)30(40)22-37-15-11-24-7-3-4-10-28(24)37/h3-5,7-12,15-16,20,23,27H,6,13-14,17-19,21-22H2,1-2H3,(H,34,41)(H,35,39)/t27-/m1/s1. The first-order valence-electron chi connectivity index (χ1n) is 14.5. The van der Waals surface area contributed by atoms with Crippen molar-refractivity contribution in [1.29, 1.82) is 0 Å². The van der Waals surface area contributed by atoms with E-state index in [0.29, 0.717) is 44.8 Å². The number of carbonyl (C=O) groups excluding carboxylic acids is 3.